The van der Waals surface area contributed by atoms with Gasteiger partial charge in [0.1, 0.15) is 0 Å². The summed E-state index contributed by atoms with van der Waals surface area (Å²) in [4.78, 5) is 14.6. The quantitative estimate of drug-likeness (QED) is 0.763. The van der Waals surface area contributed by atoms with Crippen LogP contribution in [0.1, 0.15) is 34.1 Å². The Morgan fingerprint density at radius 1 is 1.33 bits per heavy atom. The number of carbonyl (C=O) groups is 1. The van der Waals surface area contributed by atoms with Gasteiger partial charge in [0.2, 0.25) is 5.91 Å². The van der Waals surface area contributed by atoms with E-state index in [1.54, 1.807) is 23.1 Å². The molecule has 0 saturated carbocycles. The van der Waals surface area contributed by atoms with Gasteiger partial charge in [-0.15, -0.1) is 10.2 Å². The molecule has 0 aliphatic carbocycles. The van der Waals surface area contributed by atoms with Gasteiger partial charge in [0.05, 0.1) is 5.25 Å². The molecule has 4 nitrogen and oxygen atoms in total. The monoisotopic (exact) mass is 345 g/mol. The first kappa shape index (κ1) is 17.1. The highest BCUT2D eigenvalue weighted by Crippen LogP contribution is 2.32. The number of thioether (sulfide) groups is 2. The standard InChI is InChI=1S/C14H23N3OS3/c1-5-19-13-15-16-14(21-13)20-11(4)12(18)17-7-9(2)6-10(3)8-17/h9-11H,5-8H2,1-4H3. The summed E-state index contributed by atoms with van der Waals surface area (Å²) in [6.07, 6.45) is 1.22. The van der Waals surface area contributed by atoms with Crippen LogP contribution in [0.25, 0.3) is 0 Å². The molecule has 1 aliphatic heterocycles. The highest BCUT2D eigenvalue weighted by atomic mass is 32.2. The van der Waals surface area contributed by atoms with Gasteiger partial charge in [0, 0.05) is 13.1 Å². The number of hydrogen-bond acceptors (Lipinski definition) is 6. The largest absolute Gasteiger partial charge is 0.341 e. The van der Waals surface area contributed by atoms with Gasteiger partial charge in [-0.2, -0.15) is 0 Å². The second-order valence-electron chi connectivity index (χ2n) is 5.72. The first-order valence-electron chi connectivity index (χ1n) is 7.41. The van der Waals surface area contributed by atoms with Crippen LogP contribution in [-0.2, 0) is 4.79 Å². The number of carbonyl (C=O) groups excluding carboxylic acids is 1. The summed E-state index contributed by atoms with van der Waals surface area (Å²) in [7, 11) is 0. The molecule has 2 heterocycles. The number of hydrogen-bond donors (Lipinski definition) is 0. The van der Waals surface area contributed by atoms with Crippen molar-refractivity contribution in [3.8, 4) is 0 Å². The molecule has 0 radical (unpaired) electrons. The first-order valence-corrected chi connectivity index (χ1v) is 10.1. The molecule has 0 spiro atoms. The van der Waals surface area contributed by atoms with Crippen LogP contribution in [0, 0.1) is 11.8 Å². The van der Waals surface area contributed by atoms with E-state index in [4.69, 9.17) is 0 Å². The molecular weight excluding hydrogens is 322 g/mol. The van der Waals surface area contributed by atoms with Crippen molar-refractivity contribution in [2.75, 3.05) is 18.8 Å². The van der Waals surface area contributed by atoms with E-state index in [0.29, 0.717) is 11.8 Å². The Morgan fingerprint density at radius 3 is 2.57 bits per heavy atom. The molecule has 0 aromatic carbocycles. The minimum absolute atomic E-state index is 0.0880. The van der Waals surface area contributed by atoms with E-state index in [-0.39, 0.29) is 11.2 Å². The van der Waals surface area contributed by atoms with Crippen LogP contribution in [0.15, 0.2) is 8.68 Å². The lowest BCUT2D eigenvalue weighted by atomic mass is 9.92. The third kappa shape index (κ3) is 4.86. The minimum Gasteiger partial charge on any atom is -0.341 e. The fourth-order valence-electron chi connectivity index (χ4n) is 2.73. The van der Waals surface area contributed by atoms with Crippen LogP contribution < -0.4 is 0 Å². The van der Waals surface area contributed by atoms with Gasteiger partial charge in [0.15, 0.2) is 8.68 Å². The van der Waals surface area contributed by atoms with Crippen LogP contribution >= 0.6 is 34.9 Å². The van der Waals surface area contributed by atoms with E-state index in [2.05, 4.69) is 31.0 Å². The van der Waals surface area contributed by atoms with Crippen LogP contribution in [0.2, 0.25) is 0 Å². The number of likely N-dealkylation sites (tertiary alicyclic amines) is 1. The number of aromatic nitrogens is 2. The highest BCUT2D eigenvalue weighted by Gasteiger charge is 2.29. The van der Waals surface area contributed by atoms with Crippen molar-refractivity contribution in [3.05, 3.63) is 0 Å². The smallest absolute Gasteiger partial charge is 0.235 e. The van der Waals surface area contributed by atoms with E-state index >= 15 is 0 Å². The van der Waals surface area contributed by atoms with Crippen molar-refractivity contribution in [2.24, 2.45) is 11.8 Å². The van der Waals surface area contributed by atoms with E-state index in [1.165, 1.54) is 18.2 Å². The lowest BCUT2D eigenvalue weighted by molar-refractivity contribution is -0.132. The Hall–Kier alpha value is -0.270. The molecule has 0 bridgehead atoms. The van der Waals surface area contributed by atoms with Crippen molar-refractivity contribution in [2.45, 2.75) is 48.0 Å². The molecular formula is C14H23N3OS3. The summed E-state index contributed by atoms with van der Waals surface area (Å²) in [5.74, 6) is 2.43. The van der Waals surface area contributed by atoms with E-state index in [1.807, 2.05) is 11.8 Å². The zero-order valence-electron chi connectivity index (χ0n) is 13.0. The molecule has 2 rings (SSSR count). The fourth-order valence-corrected chi connectivity index (χ4v) is 5.87. The van der Waals surface area contributed by atoms with Gasteiger partial charge >= 0.3 is 0 Å². The predicted octanol–water partition coefficient (Wildman–Crippen LogP) is 3.64. The predicted molar refractivity (Wildman–Crippen MR) is 91.2 cm³/mol. The van der Waals surface area contributed by atoms with Gasteiger partial charge in [-0.25, -0.2) is 0 Å². The van der Waals surface area contributed by atoms with Gasteiger partial charge in [-0.3, -0.25) is 4.79 Å². The molecule has 1 aromatic heterocycles. The fraction of sp³-hybridized carbons (Fsp3) is 0.786. The van der Waals surface area contributed by atoms with Crippen molar-refractivity contribution in [1.82, 2.24) is 15.1 Å². The van der Waals surface area contributed by atoms with E-state index < -0.39 is 0 Å². The van der Waals surface area contributed by atoms with Crippen LogP contribution in [0.3, 0.4) is 0 Å². The second-order valence-corrected chi connectivity index (χ2v) is 9.79. The molecule has 1 aliphatic rings. The SMILES string of the molecule is CCSc1nnc(SC(C)C(=O)N2CC(C)CC(C)C2)s1. The lowest BCUT2D eigenvalue weighted by Crippen LogP contribution is -2.45. The molecule has 21 heavy (non-hydrogen) atoms. The molecule has 1 fully saturated rings. The van der Waals surface area contributed by atoms with Crippen molar-refractivity contribution >= 4 is 40.8 Å². The molecule has 1 amide bonds. The van der Waals surface area contributed by atoms with Crippen molar-refractivity contribution < 1.29 is 4.79 Å². The van der Waals surface area contributed by atoms with Crippen molar-refractivity contribution in [3.63, 3.8) is 0 Å². The molecule has 118 valence electrons. The second kappa shape index (κ2) is 7.83. The minimum atomic E-state index is -0.0880. The van der Waals surface area contributed by atoms with Crippen molar-refractivity contribution in [1.29, 1.82) is 0 Å². The third-order valence-electron chi connectivity index (χ3n) is 3.46. The number of rotatable bonds is 5. The maximum Gasteiger partial charge on any atom is 0.235 e. The average molecular weight is 346 g/mol. The Kier molecular flexibility index (Phi) is 6.37. The average Bonchev–Trinajstić information content (AvgIpc) is 2.84. The summed E-state index contributed by atoms with van der Waals surface area (Å²) in [6.45, 7) is 10.3. The summed E-state index contributed by atoms with van der Waals surface area (Å²) in [6, 6.07) is 0. The Morgan fingerprint density at radius 2 is 1.95 bits per heavy atom. The summed E-state index contributed by atoms with van der Waals surface area (Å²) < 4.78 is 1.88. The maximum atomic E-state index is 12.6. The summed E-state index contributed by atoms with van der Waals surface area (Å²) in [5, 5.41) is 8.22. The Balaban J connectivity index is 1.92. The van der Waals surface area contributed by atoms with Crippen LogP contribution in [-0.4, -0.2) is 45.1 Å². The number of nitrogens with zero attached hydrogens (tertiary/aromatic N) is 3. The van der Waals surface area contributed by atoms with Gasteiger partial charge in [0.25, 0.3) is 0 Å². The van der Waals surface area contributed by atoms with Crippen LogP contribution in [0.5, 0.6) is 0 Å². The third-order valence-corrected chi connectivity index (χ3v) is 6.57. The van der Waals surface area contributed by atoms with Gasteiger partial charge < -0.3 is 4.90 Å². The topological polar surface area (TPSA) is 46.1 Å². The molecule has 3 atom stereocenters. The summed E-state index contributed by atoms with van der Waals surface area (Å²) in [5.41, 5.74) is 0. The number of piperidine rings is 1. The first-order chi connectivity index (χ1) is 9.99. The van der Waals surface area contributed by atoms with Gasteiger partial charge in [-0.1, -0.05) is 55.6 Å². The normalized spacial score (nSPS) is 24.1. The van der Waals surface area contributed by atoms with Crippen LogP contribution in [0.4, 0.5) is 0 Å². The zero-order chi connectivity index (χ0) is 15.4. The van der Waals surface area contributed by atoms with E-state index in [0.717, 1.165) is 27.5 Å². The van der Waals surface area contributed by atoms with E-state index in [9.17, 15) is 4.79 Å². The maximum absolute atomic E-state index is 12.6. The Labute approximate surface area is 139 Å². The Bertz CT molecular complexity index is 470. The molecule has 1 saturated heterocycles. The lowest BCUT2D eigenvalue weighted by Gasteiger charge is -2.36. The molecule has 7 heteroatoms. The van der Waals surface area contributed by atoms with Gasteiger partial charge in [-0.05, 0) is 30.9 Å². The summed E-state index contributed by atoms with van der Waals surface area (Å²) >= 11 is 4.82. The molecule has 0 N–H and O–H groups in total. The highest BCUT2D eigenvalue weighted by molar-refractivity contribution is 8.03. The zero-order valence-corrected chi connectivity index (χ0v) is 15.5. The molecule has 3 unspecified atom stereocenters. The molecule has 1 aromatic rings. The number of amides is 1.